The molecule has 0 spiro atoms. The Morgan fingerprint density at radius 1 is 1.04 bits per heavy atom. The van der Waals surface area contributed by atoms with Gasteiger partial charge in [-0.05, 0) is 31.2 Å². The van der Waals surface area contributed by atoms with Crippen LogP contribution < -0.4 is 11.3 Å². The molecule has 0 saturated carbocycles. The van der Waals surface area contributed by atoms with E-state index in [-0.39, 0.29) is 11.5 Å². The molecule has 1 unspecified atom stereocenters. The van der Waals surface area contributed by atoms with E-state index in [2.05, 4.69) is 4.98 Å². The minimum absolute atomic E-state index is 0.151. The normalized spacial score (nSPS) is 12.6. The number of nitrogens with two attached hydrogens (primary N) is 1. The second-order valence-corrected chi connectivity index (χ2v) is 5.28. The fraction of sp³-hybridized carbons (Fsp3) is 0.125. The van der Waals surface area contributed by atoms with Crippen LogP contribution in [0, 0.1) is 23.3 Å². The molecule has 0 aliphatic carbocycles. The maximum atomic E-state index is 14.0. The Kier molecular flexibility index (Phi) is 3.84. The van der Waals surface area contributed by atoms with Crippen LogP contribution in [0.25, 0.3) is 16.6 Å². The quantitative estimate of drug-likeness (QED) is 0.732. The maximum absolute atomic E-state index is 14.0. The summed E-state index contributed by atoms with van der Waals surface area (Å²) < 4.78 is 55.7. The molecule has 2 N–H and O–H groups in total. The Bertz CT molecular complexity index is 994. The number of nitrogens with zero attached hydrogens (tertiary/aromatic N) is 2. The van der Waals surface area contributed by atoms with Crippen LogP contribution in [0.5, 0.6) is 0 Å². The zero-order valence-electron chi connectivity index (χ0n) is 12.4. The highest BCUT2D eigenvalue weighted by atomic mass is 19.1. The van der Waals surface area contributed by atoms with E-state index in [1.54, 1.807) is 0 Å². The standard InChI is InChI=1S/C16H11F4N3O/c1-7(21)15-22-14-12(20)3-2-11(19)13(14)16(24)23(15)10-5-8(17)4-9(18)6-10/h2-7H,21H2,1H3. The Hall–Kier alpha value is -2.74. The van der Waals surface area contributed by atoms with E-state index in [1.807, 2.05) is 0 Å². The van der Waals surface area contributed by atoms with Gasteiger partial charge in [0.1, 0.15) is 40.0 Å². The van der Waals surface area contributed by atoms with E-state index in [9.17, 15) is 22.4 Å². The minimum Gasteiger partial charge on any atom is -0.322 e. The van der Waals surface area contributed by atoms with E-state index in [4.69, 9.17) is 5.73 Å². The lowest BCUT2D eigenvalue weighted by atomic mass is 10.2. The third-order valence-electron chi connectivity index (χ3n) is 3.46. The molecule has 3 aromatic rings. The highest BCUT2D eigenvalue weighted by molar-refractivity contribution is 5.79. The molecule has 0 bridgehead atoms. The van der Waals surface area contributed by atoms with Gasteiger partial charge in [0.25, 0.3) is 5.56 Å². The van der Waals surface area contributed by atoms with Gasteiger partial charge in [-0.3, -0.25) is 9.36 Å². The van der Waals surface area contributed by atoms with Crippen LogP contribution >= 0.6 is 0 Å². The topological polar surface area (TPSA) is 60.9 Å². The lowest BCUT2D eigenvalue weighted by Gasteiger charge is -2.16. The summed E-state index contributed by atoms with van der Waals surface area (Å²) in [6.45, 7) is 1.46. The van der Waals surface area contributed by atoms with Crippen molar-refractivity contribution in [2.24, 2.45) is 5.73 Å². The van der Waals surface area contributed by atoms with Crippen molar-refractivity contribution in [1.82, 2.24) is 9.55 Å². The minimum atomic E-state index is -1.01. The summed E-state index contributed by atoms with van der Waals surface area (Å²) in [5, 5.41) is -0.621. The predicted octanol–water partition coefficient (Wildman–Crippen LogP) is 2.96. The number of fused-ring (bicyclic) bond motifs is 1. The third kappa shape index (κ3) is 2.54. The molecule has 0 amide bonds. The third-order valence-corrected chi connectivity index (χ3v) is 3.46. The summed E-state index contributed by atoms with van der Waals surface area (Å²) in [5.41, 5.74) is 4.04. The van der Waals surface area contributed by atoms with Gasteiger partial charge in [-0.15, -0.1) is 0 Å². The van der Waals surface area contributed by atoms with Gasteiger partial charge in [0.05, 0.1) is 11.7 Å². The summed E-state index contributed by atoms with van der Waals surface area (Å²) >= 11 is 0. The molecule has 3 rings (SSSR count). The molecular weight excluding hydrogens is 326 g/mol. The first-order chi connectivity index (χ1) is 11.3. The van der Waals surface area contributed by atoms with Crippen LogP contribution in [0.4, 0.5) is 17.6 Å². The molecule has 1 atom stereocenters. The van der Waals surface area contributed by atoms with Crippen LogP contribution in [0.2, 0.25) is 0 Å². The lowest BCUT2D eigenvalue weighted by Crippen LogP contribution is -2.28. The van der Waals surface area contributed by atoms with Gasteiger partial charge in [-0.25, -0.2) is 22.5 Å². The van der Waals surface area contributed by atoms with Crippen molar-refractivity contribution in [3.63, 3.8) is 0 Å². The van der Waals surface area contributed by atoms with Crippen molar-refractivity contribution in [2.75, 3.05) is 0 Å². The second-order valence-electron chi connectivity index (χ2n) is 5.28. The van der Waals surface area contributed by atoms with Crippen LogP contribution in [-0.2, 0) is 0 Å². The number of hydrogen-bond acceptors (Lipinski definition) is 3. The summed E-state index contributed by atoms with van der Waals surface area (Å²) in [4.78, 5) is 16.6. The van der Waals surface area contributed by atoms with Gasteiger partial charge in [0.2, 0.25) is 0 Å². The highest BCUT2D eigenvalue weighted by Crippen LogP contribution is 2.21. The van der Waals surface area contributed by atoms with Gasteiger partial charge in [-0.1, -0.05) is 0 Å². The van der Waals surface area contributed by atoms with Gasteiger partial charge in [0, 0.05) is 6.07 Å². The van der Waals surface area contributed by atoms with Crippen molar-refractivity contribution in [2.45, 2.75) is 13.0 Å². The molecule has 2 aromatic carbocycles. The molecule has 0 saturated heterocycles. The SMILES string of the molecule is CC(N)c1nc2c(F)ccc(F)c2c(=O)n1-c1cc(F)cc(F)c1. The summed E-state index contributed by atoms with van der Waals surface area (Å²) in [6.07, 6.45) is 0. The van der Waals surface area contributed by atoms with Crippen molar-refractivity contribution < 1.29 is 17.6 Å². The van der Waals surface area contributed by atoms with Gasteiger partial charge in [0.15, 0.2) is 0 Å². The molecule has 4 nitrogen and oxygen atoms in total. The largest absolute Gasteiger partial charge is 0.322 e. The fourth-order valence-corrected chi connectivity index (χ4v) is 2.46. The van der Waals surface area contributed by atoms with E-state index < -0.39 is 45.8 Å². The maximum Gasteiger partial charge on any atom is 0.269 e. The molecule has 0 aliphatic heterocycles. The van der Waals surface area contributed by atoms with Crippen LogP contribution in [0.15, 0.2) is 35.1 Å². The van der Waals surface area contributed by atoms with Gasteiger partial charge < -0.3 is 5.73 Å². The molecule has 1 aromatic heterocycles. The molecule has 124 valence electrons. The second kappa shape index (κ2) is 5.72. The van der Waals surface area contributed by atoms with E-state index >= 15 is 0 Å². The first-order valence-electron chi connectivity index (χ1n) is 6.92. The van der Waals surface area contributed by atoms with Gasteiger partial charge >= 0.3 is 0 Å². The first-order valence-corrected chi connectivity index (χ1v) is 6.92. The van der Waals surface area contributed by atoms with Crippen molar-refractivity contribution in [1.29, 1.82) is 0 Å². The molecule has 24 heavy (non-hydrogen) atoms. The Morgan fingerprint density at radius 3 is 2.21 bits per heavy atom. The fourth-order valence-electron chi connectivity index (χ4n) is 2.46. The molecule has 0 radical (unpaired) electrons. The Morgan fingerprint density at radius 2 is 1.62 bits per heavy atom. The predicted molar refractivity (Wildman–Crippen MR) is 79.8 cm³/mol. The molecule has 1 heterocycles. The summed E-state index contributed by atoms with van der Waals surface area (Å²) in [6, 6.07) is 3.11. The zero-order chi connectivity index (χ0) is 17.6. The summed E-state index contributed by atoms with van der Waals surface area (Å²) in [5.74, 6) is -3.92. The van der Waals surface area contributed by atoms with Crippen LogP contribution in [0.3, 0.4) is 0 Å². The average Bonchev–Trinajstić information content (AvgIpc) is 2.49. The Labute approximate surface area is 133 Å². The van der Waals surface area contributed by atoms with Crippen LogP contribution in [-0.4, -0.2) is 9.55 Å². The van der Waals surface area contributed by atoms with Crippen molar-refractivity contribution in [3.05, 3.63) is 69.8 Å². The monoisotopic (exact) mass is 337 g/mol. The first kappa shape index (κ1) is 16.1. The smallest absolute Gasteiger partial charge is 0.269 e. The van der Waals surface area contributed by atoms with E-state index in [0.29, 0.717) is 6.07 Å². The number of rotatable bonds is 2. The average molecular weight is 337 g/mol. The van der Waals surface area contributed by atoms with Crippen molar-refractivity contribution >= 4 is 10.9 Å². The van der Waals surface area contributed by atoms with E-state index in [0.717, 1.165) is 28.8 Å². The number of hydrogen-bond donors (Lipinski definition) is 1. The Balaban J connectivity index is 2.51. The van der Waals surface area contributed by atoms with Crippen molar-refractivity contribution in [3.8, 4) is 5.69 Å². The summed E-state index contributed by atoms with van der Waals surface area (Å²) in [7, 11) is 0. The zero-order valence-corrected chi connectivity index (χ0v) is 12.4. The van der Waals surface area contributed by atoms with Crippen LogP contribution in [0.1, 0.15) is 18.8 Å². The number of benzene rings is 2. The molecule has 0 fully saturated rings. The number of halogens is 4. The highest BCUT2D eigenvalue weighted by Gasteiger charge is 2.20. The lowest BCUT2D eigenvalue weighted by molar-refractivity contribution is 0.578. The molecule has 8 heteroatoms. The van der Waals surface area contributed by atoms with E-state index in [1.165, 1.54) is 6.92 Å². The molecular formula is C16H11F4N3O. The molecule has 0 aliphatic rings. The van der Waals surface area contributed by atoms with Gasteiger partial charge in [-0.2, -0.15) is 0 Å². The number of aromatic nitrogens is 2.